The van der Waals surface area contributed by atoms with E-state index < -0.39 is 34.2 Å². The zero-order chi connectivity index (χ0) is 16.5. The summed E-state index contributed by atoms with van der Waals surface area (Å²) in [6.45, 7) is 3.66. The van der Waals surface area contributed by atoms with Crippen LogP contribution in [0.3, 0.4) is 0 Å². The van der Waals surface area contributed by atoms with Crippen molar-refractivity contribution in [3.63, 3.8) is 0 Å². The van der Waals surface area contributed by atoms with Crippen molar-refractivity contribution in [1.29, 1.82) is 0 Å². The predicted molar refractivity (Wildman–Crippen MR) is 77.7 cm³/mol. The van der Waals surface area contributed by atoms with Gasteiger partial charge in [0.1, 0.15) is 11.9 Å². The Labute approximate surface area is 129 Å². The number of benzene rings is 1. The summed E-state index contributed by atoms with van der Waals surface area (Å²) in [5, 5.41) is 0. The molecule has 2 rings (SSSR count). The molecule has 0 saturated carbocycles. The molecule has 2 unspecified atom stereocenters. The minimum atomic E-state index is -4.50. The first-order valence-electron chi connectivity index (χ1n) is 7.04. The fourth-order valence-corrected chi connectivity index (χ4v) is 2.92. The quantitative estimate of drug-likeness (QED) is 0.838. The van der Waals surface area contributed by atoms with Crippen LogP contribution in [0.25, 0.3) is 0 Å². The van der Waals surface area contributed by atoms with E-state index in [1.807, 2.05) is 13.8 Å². The third-order valence-electron chi connectivity index (χ3n) is 3.95. The topological polar surface area (TPSA) is 76.1 Å². The van der Waals surface area contributed by atoms with E-state index in [9.17, 15) is 17.4 Å². The van der Waals surface area contributed by atoms with Crippen molar-refractivity contribution >= 4 is 10.3 Å². The monoisotopic (exact) mass is 333 g/mol. The van der Waals surface area contributed by atoms with Crippen LogP contribution in [-0.4, -0.2) is 36.3 Å². The molecule has 124 valence electrons. The largest absolute Gasteiger partial charge is 0.338 e. The molecule has 1 heterocycles. The molecule has 0 spiro atoms. The molecule has 1 fully saturated rings. The molecule has 1 aliphatic heterocycles. The van der Waals surface area contributed by atoms with Gasteiger partial charge in [-0.25, -0.2) is 4.39 Å². The number of nitrogens with zero attached hydrogens (tertiary/aromatic N) is 1. The summed E-state index contributed by atoms with van der Waals surface area (Å²) in [6, 6.07) is 5.93. The van der Waals surface area contributed by atoms with Crippen LogP contribution in [0.15, 0.2) is 24.3 Å². The number of likely N-dealkylation sites (N-methyl/N-ethyl adjacent to an activating group) is 1. The van der Waals surface area contributed by atoms with E-state index in [0.717, 1.165) is 0 Å². The highest BCUT2D eigenvalue weighted by atomic mass is 32.2. The molecular formula is C14H20FNO5S. The third kappa shape index (κ3) is 3.16. The summed E-state index contributed by atoms with van der Waals surface area (Å²) in [7, 11) is -3.34. The smallest absolute Gasteiger partial charge is 0.337 e. The van der Waals surface area contributed by atoms with Gasteiger partial charge in [-0.1, -0.05) is 32.0 Å². The molecule has 1 N–H and O–H groups in total. The molecule has 8 heteroatoms. The van der Waals surface area contributed by atoms with Crippen molar-refractivity contribution in [3.8, 4) is 0 Å². The lowest BCUT2D eigenvalue weighted by Gasteiger charge is -2.26. The molecular weight excluding hydrogens is 313 g/mol. The van der Waals surface area contributed by atoms with Crippen LogP contribution in [0.2, 0.25) is 0 Å². The highest BCUT2D eigenvalue weighted by molar-refractivity contribution is 7.83. The molecule has 2 atom stereocenters. The van der Waals surface area contributed by atoms with Gasteiger partial charge in [-0.05, 0) is 18.9 Å². The van der Waals surface area contributed by atoms with E-state index in [1.54, 1.807) is 6.07 Å². The van der Waals surface area contributed by atoms with E-state index in [2.05, 4.69) is 0 Å². The van der Waals surface area contributed by atoms with Crippen LogP contribution in [0.5, 0.6) is 0 Å². The Morgan fingerprint density at radius 1 is 1.27 bits per heavy atom. The van der Waals surface area contributed by atoms with Crippen molar-refractivity contribution in [2.24, 2.45) is 0 Å². The van der Waals surface area contributed by atoms with E-state index >= 15 is 0 Å². The zero-order valence-electron chi connectivity index (χ0n) is 12.7. The molecule has 1 aromatic rings. The lowest BCUT2D eigenvalue weighted by Crippen LogP contribution is -2.41. The Balaban J connectivity index is 2.46. The molecule has 0 amide bonds. The Morgan fingerprint density at radius 3 is 2.36 bits per heavy atom. The van der Waals surface area contributed by atoms with Crippen LogP contribution < -0.4 is 0 Å². The lowest BCUT2D eigenvalue weighted by molar-refractivity contribution is -0.186. The van der Waals surface area contributed by atoms with Gasteiger partial charge in [-0.2, -0.15) is 12.7 Å². The van der Waals surface area contributed by atoms with Crippen molar-refractivity contribution in [3.05, 3.63) is 35.6 Å². The average molecular weight is 333 g/mol. The summed E-state index contributed by atoms with van der Waals surface area (Å²) in [6.07, 6.45) is -1.19. The number of hydrogen-bond donors (Lipinski definition) is 1. The Morgan fingerprint density at radius 2 is 1.86 bits per heavy atom. The fraction of sp³-hybridized carbons (Fsp3) is 0.571. The highest BCUT2D eigenvalue weighted by Gasteiger charge is 2.50. The Bertz CT molecular complexity index is 632. The second-order valence-corrected chi connectivity index (χ2v) is 6.65. The molecule has 0 bridgehead atoms. The van der Waals surface area contributed by atoms with Gasteiger partial charge in [0, 0.05) is 12.6 Å². The van der Waals surface area contributed by atoms with Gasteiger partial charge in [0.2, 0.25) is 0 Å². The maximum atomic E-state index is 14.1. The summed E-state index contributed by atoms with van der Waals surface area (Å²) >= 11 is 0. The average Bonchev–Trinajstić information content (AvgIpc) is 2.86. The highest BCUT2D eigenvalue weighted by Crippen LogP contribution is 2.44. The van der Waals surface area contributed by atoms with Gasteiger partial charge < -0.3 is 9.47 Å². The maximum Gasteiger partial charge on any atom is 0.337 e. The van der Waals surface area contributed by atoms with Crippen molar-refractivity contribution in [2.75, 3.05) is 7.05 Å². The number of hydrogen-bond acceptors (Lipinski definition) is 4. The first-order valence-corrected chi connectivity index (χ1v) is 8.44. The molecule has 6 nitrogen and oxygen atoms in total. The fourth-order valence-electron chi connectivity index (χ4n) is 2.50. The standard InChI is InChI=1S/C14H20FNO5S/c1-4-14(5-2)20-12(10-8-6-7-9-11(10)15)13(21-14)16(3)22(17,18)19/h6-9,12-13H,4-5H2,1-3H3,(H,17,18,19). The first-order chi connectivity index (χ1) is 10.2. The van der Waals surface area contributed by atoms with Gasteiger partial charge in [0.05, 0.1) is 0 Å². The molecule has 1 saturated heterocycles. The van der Waals surface area contributed by atoms with Crippen LogP contribution >= 0.6 is 0 Å². The van der Waals surface area contributed by atoms with E-state index in [0.29, 0.717) is 17.1 Å². The van der Waals surface area contributed by atoms with Crippen LogP contribution in [0, 0.1) is 5.82 Å². The SMILES string of the molecule is CCC1(CC)OC(c2ccccc2F)C(N(C)S(=O)(=O)O)O1. The van der Waals surface area contributed by atoms with Crippen molar-refractivity contribution < 1.29 is 26.8 Å². The van der Waals surface area contributed by atoms with Crippen LogP contribution in [0.4, 0.5) is 4.39 Å². The van der Waals surface area contributed by atoms with Crippen LogP contribution in [-0.2, 0) is 19.8 Å². The maximum absolute atomic E-state index is 14.1. The number of rotatable bonds is 5. The van der Waals surface area contributed by atoms with Gasteiger partial charge in [0.15, 0.2) is 12.0 Å². The third-order valence-corrected chi connectivity index (χ3v) is 4.88. The van der Waals surface area contributed by atoms with E-state index in [4.69, 9.17) is 9.47 Å². The second kappa shape index (κ2) is 6.21. The van der Waals surface area contributed by atoms with Crippen LogP contribution in [0.1, 0.15) is 38.4 Å². The zero-order valence-corrected chi connectivity index (χ0v) is 13.5. The predicted octanol–water partition coefficient (Wildman–Crippen LogP) is 2.49. The van der Waals surface area contributed by atoms with Crippen molar-refractivity contribution in [2.45, 2.75) is 44.8 Å². The van der Waals surface area contributed by atoms with Gasteiger partial charge >= 0.3 is 10.3 Å². The summed E-state index contributed by atoms with van der Waals surface area (Å²) in [5.74, 6) is -1.54. The van der Waals surface area contributed by atoms with E-state index in [-0.39, 0.29) is 5.56 Å². The lowest BCUT2D eigenvalue weighted by atomic mass is 10.1. The normalized spacial score (nSPS) is 24.8. The molecule has 0 aliphatic carbocycles. The summed E-state index contributed by atoms with van der Waals surface area (Å²) in [4.78, 5) is 0. The van der Waals surface area contributed by atoms with E-state index in [1.165, 1.54) is 25.2 Å². The Hall–Kier alpha value is -1.06. The van der Waals surface area contributed by atoms with Gasteiger partial charge in [0.25, 0.3) is 0 Å². The minimum Gasteiger partial charge on any atom is -0.338 e. The second-order valence-electron chi connectivity index (χ2n) is 5.18. The first kappa shape index (κ1) is 17.3. The summed E-state index contributed by atoms with van der Waals surface area (Å²) in [5.41, 5.74) is 0.187. The van der Waals surface area contributed by atoms with Crippen molar-refractivity contribution in [1.82, 2.24) is 4.31 Å². The number of halogens is 1. The van der Waals surface area contributed by atoms with Gasteiger partial charge in [-0.3, -0.25) is 4.55 Å². The molecule has 22 heavy (non-hydrogen) atoms. The molecule has 1 aromatic carbocycles. The summed E-state index contributed by atoms with van der Waals surface area (Å²) < 4.78 is 58.4. The molecule has 1 aliphatic rings. The number of ether oxygens (including phenoxy) is 2. The van der Waals surface area contributed by atoms with Gasteiger partial charge in [-0.15, -0.1) is 0 Å². The minimum absolute atomic E-state index is 0.187. The molecule has 0 radical (unpaired) electrons. The molecule has 0 aromatic heterocycles. The Kier molecular flexibility index (Phi) is 4.88.